The molecule has 7 heteroatoms. The molecule has 0 radical (unpaired) electrons. The van der Waals surface area contributed by atoms with Crippen LogP contribution in [-0.4, -0.2) is 24.1 Å². The number of carboxylic acids is 1. The first-order chi connectivity index (χ1) is 13.4. The van der Waals surface area contributed by atoms with Gasteiger partial charge in [-0.15, -0.1) is 0 Å². The molecule has 0 aliphatic carbocycles. The van der Waals surface area contributed by atoms with E-state index in [-0.39, 0.29) is 17.2 Å². The van der Waals surface area contributed by atoms with Gasteiger partial charge in [-0.25, -0.2) is 4.79 Å². The molecular weight excluding hydrogens is 358 g/mol. The number of carbonyl (C=O) groups excluding carboxylic acids is 1. The van der Waals surface area contributed by atoms with Gasteiger partial charge in [0.2, 0.25) is 0 Å². The number of hydrogen-bond donors (Lipinski definition) is 3. The van der Waals surface area contributed by atoms with E-state index in [0.717, 1.165) is 16.9 Å². The molecular formula is C21H21N3O4. The highest BCUT2D eigenvalue weighted by molar-refractivity contribution is 5.97. The first-order valence-electron chi connectivity index (χ1n) is 8.55. The van der Waals surface area contributed by atoms with Crippen molar-refractivity contribution in [2.45, 2.75) is 19.5 Å². The zero-order chi connectivity index (χ0) is 20.5. The van der Waals surface area contributed by atoms with Crippen LogP contribution in [0, 0.1) is 11.3 Å². The van der Waals surface area contributed by atoms with Crippen molar-refractivity contribution in [3.63, 3.8) is 0 Å². The number of nitriles is 1. The van der Waals surface area contributed by atoms with E-state index in [4.69, 9.17) is 9.84 Å². The van der Waals surface area contributed by atoms with Crippen LogP contribution in [0.2, 0.25) is 0 Å². The van der Waals surface area contributed by atoms with Crippen LogP contribution in [0.3, 0.4) is 0 Å². The molecule has 0 saturated heterocycles. The fraction of sp³-hybridized carbons (Fsp3) is 0.190. The van der Waals surface area contributed by atoms with Crippen molar-refractivity contribution in [1.29, 1.82) is 5.26 Å². The second kappa shape index (κ2) is 9.78. The van der Waals surface area contributed by atoms with Crippen molar-refractivity contribution in [1.82, 2.24) is 10.6 Å². The van der Waals surface area contributed by atoms with Crippen molar-refractivity contribution in [2.24, 2.45) is 0 Å². The molecule has 28 heavy (non-hydrogen) atoms. The number of hydrogen-bond acceptors (Lipinski definition) is 5. The number of nitrogens with zero attached hydrogens (tertiary/aromatic N) is 1. The molecule has 1 amide bonds. The molecule has 0 aromatic heterocycles. The highest BCUT2D eigenvalue weighted by Gasteiger charge is 2.13. The minimum atomic E-state index is -0.992. The van der Waals surface area contributed by atoms with Crippen molar-refractivity contribution in [3.05, 3.63) is 77.0 Å². The van der Waals surface area contributed by atoms with E-state index in [1.165, 1.54) is 18.3 Å². The highest BCUT2D eigenvalue weighted by Crippen LogP contribution is 2.17. The molecule has 0 aliphatic rings. The lowest BCUT2D eigenvalue weighted by atomic mass is 10.1. The molecule has 0 saturated carbocycles. The minimum absolute atomic E-state index is 0.0532. The maximum atomic E-state index is 12.3. The first-order valence-corrected chi connectivity index (χ1v) is 8.55. The van der Waals surface area contributed by atoms with E-state index in [1.54, 1.807) is 31.4 Å². The Hall–Kier alpha value is -3.79. The summed E-state index contributed by atoms with van der Waals surface area (Å²) in [5, 5.41) is 23.8. The van der Waals surface area contributed by atoms with Crippen LogP contribution in [0.5, 0.6) is 5.75 Å². The van der Waals surface area contributed by atoms with Gasteiger partial charge in [-0.2, -0.15) is 5.26 Å². The predicted molar refractivity (Wildman–Crippen MR) is 103 cm³/mol. The van der Waals surface area contributed by atoms with Gasteiger partial charge in [0.05, 0.1) is 18.7 Å². The Morgan fingerprint density at radius 2 is 1.82 bits per heavy atom. The lowest BCUT2D eigenvalue weighted by Gasteiger charge is -2.14. The number of benzene rings is 2. The fourth-order valence-corrected chi connectivity index (χ4v) is 2.44. The average Bonchev–Trinajstić information content (AvgIpc) is 2.71. The van der Waals surface area contributed by atoms with Crippen molar-refractivity contribution < 1.29 is 19.4 Å². The quantitative estimate of drug-likeness (QED) is 0.480. The van der Waals surface area contributed by atoms with Gasteiger partial charge in [-0.3, -0.25) is 4.79 Å². The standard InChI is InChI=1S/C21H21N3O4/c1-14(16-7-9-19(28-2)10-8-16)24-20(25)18(11-22)13-23-12-15-3-5-17(6-4-15)21(26)27/h3-10,13-14,23H,12H2,1-2H3,(H,24,25)(H,26,27)/b18-13-. The molecule has 1 atom stereocenters. The Morgan fingerprint density at radius 1 is 1.18 bits per heavy atom. The summed E-state index contributed by atoms with van der Waals surface area (Å²) in [6.45, 7) is 2.18. The van der Waals surface area contributed by atoms with Gasteiger partial charge in [-0.1, -0.05) is 24.3 Å². The molecule has 0 aliphatic heterocycles. The van der Waals surface area contributed by atoms with E-state index in [2.05, 4.69) is 10.6 Å². The minimum Gasteiger partial charge on any atom is -0.497 e. The zero-order valence-electron chi connectivity index (χ0n) is 15.6. The van der Waals surface area contributed by atoms with Gasteiger partial charge in [-0.05, 0) is 42.3 Å². The summed E-state index contributed by atoms with van der Waals surface area (Å²) in [5.41, 5.74) is 1.86. The van der Waals surface area contributed by atoms with Crippen LogP contribution in [0.25, 0.3) is 0 Å². The summed E-state index contributed by atoms with van der Waals surface area (Å²) >= 11 is 0. The van der Waals surface area contributed by atoms with Crippen LogP contribution >= 0.6 is 0 Å². The third-order valence-corrected chi connectivity index (χ3v) is 4.08. The predicted octanol–water partition coefficient (Wildman–Crippen LogP) is 2.77. The summed E-state index contributed by atoms with van der Waals surface area (Å²) in [7, 11) is 1.58. The number of carboxylic acid groups (broad SMARTS) is 1. The Balaban J connectivity index is 1.94. The molecule has 0 fully saturated rings. The lowest BCUT2D eigenvalue weighted by Crippen LogP contribution is -2.28. The number of aromatic carboxylic acids is 1. The average molecular weight is 379 g/mol. The molecule has 2 aromatic carbocycles. The Bertz CT molecular complexity index is 897. The SMILES string of the molecule is COc1ccc(C(C)NC(=O)/C(C#N)=C\NCc2ccc(C(=O)O)cc2)cc1. The summed E-state index contributed by atoms with van der Waals surface area (Å²) in [5.74, 6) is -0.756. The number of carbonyl (C=O) groups is 2. The normalized spacial score (nSPS) is 11.8. The fourth-order valence-electron chi connectivity index (χ4n) is 2.44. The van der Waals surface area contributed by atoms with E-state index in [0.29, 0.717) is 6.54 Å². The second-order valence-corrected chi connectivity index (χ2v) is 6.02. The van der Waals surface area contributed by atoms with Crippen molar-refractivity contribution in [2.75, 3.05) is 7.11 Å². The molecule has 144 valence electrons. The number of amides is 1. The maximum Gasteiger partial charge on any atom is 0.335 e. The maximum absolute atomic E-state index is 12.3. The number of ether oxygens (including phenoxy) is 1. The van der Waals surface area contributed by atoms with E-state index < -0.39 is 11.9 Å². The number of methoxy groups -OCH3 is 1. The molecule has 1 unspecified atom stereocenters. The third kappa shape index (κ3) is 5.61. The van der Waals surface area contributed by atoms with E-state index in [9.17, 15) is 14.9 Å². The Labute approximate surface area is 163 Å². The summed E-state index contributed by atoms with van der Waals surface area (Å²) in [6.07, 6.45) is 1.35. The summed E-state index contributed by atoms with van der Waals surface area (Å²) in [4.78, 5) is 23.2. The molecule has 0 bridgehead atoms. The largest absolute Gasteiger partial charge is 0.497 e. The first kappa shape index (κ1) is 20.5. The van der Waals surface area contributed by atoms with Gasteiger partial charge < -0.3 is 20.5 Å². The Kier molecular flexibility index (Phi) is 7.17. The monoisotopic (exact) mass is 379 g/mol. The zero-order valence-corrected chi connectivity index (χ0v) is 15.6. The van der Waals surface area contributed by atoms with Crippen LogP contribution < -0.4 is 15.4 Å². The molecule has 3 N–H and O–H groups in total. The molecule has 2 aromatic rings. The summed E-state index contributed by atoms with van der Waals surface area (Å²) in [6, 6.07) is 15.2. The molecule has 7 nitrogen and oxygen atoms in total. The molecule has 0 spiro atoms. The smallest absolute Gasteiger partial charge is 0.335 e. The van der Waals surface area contributed by atoms with Crippen LogP contribution in [0.4, 0.5) is 0 Å². The van der Waals surface area contributed by atoms with E-state index in [1.807, 2.05) is 25.1 Å². The van der Waals surface area contributed by atoms with Gasteiger partial charge in [0.25, 0.3) is 5.91 Å². The topological polar surface area (TPSA) is 111 Å². The van der Waals surface area contributed by atoms with Gasteiger partial charge in [0.15, 0.2) is 0 Å². The molecule has 0 heterocycles. The molecule has 2 rings (SSSR count). The van der Waals surface area contributed by atoms with Crippen LogP contribution in [-0.2, 0) is 11.3 Å². The van der Waals surface area contributed by atoms with Crippen LogP contribution in [0.1, 0.15) is 34.5 Å². The summed E-state index contributed by atoms with van der Waals surface area (Å²) < 4.78 is 5.11. The van der Waals surface area contributed by atoms with Gasteiger partial charge in [0, 0.05) is 12.7 Å². The van der Waals surface area contributed by atoms with Gasteiger partial charge in [0.1, 0.15) is 17.4 Å². The highest BCUT2D eigenvalue weighted by atomic mass is 16.5. The van der Waals surface area contributed by atoms with Crippen LogP contribution in [0.15, 0.2) is 60.3 Å². The lowest BCUT2D eigenvalue weighted by molar-refractivity contribution is -0.117. The Morgan fingerprint density at radius 3 is 2.36 bits per heavy atom. The third-order valence-electron chi connectivity index (χ3n) is 4.08. The van der Waals surface area contributed by atoms with Crippen molar-refractivity contribution >= 4 is 11.9 Å². The number of rotatable bonds is 8. The number of nitrogens with one attached hydrogen (secondary N) is 2. The van der Waals surface area contributed by atoms with Crippen molar-refractivity contribution in [3.8, 4) is 11.8 Å². The second-order valence-electron chi connectivity index (χ2n) is 6.02. The van der Waals surface area contributed by atoms with E-state index >= 15 is 0 Å². The van der Waals surface area contributed by atoms with Gasteiger partial charge >= 0.3 is 5.97 Å².